The first kappa shape index (κ1) is 44.4. The Morgan fingerprint density at radius 2 is 0.927 bits per heavy atom. The molecule has 0 bridgehead atoms. The first-order valence-corrected chi connectivity index (χ1v) is 17.0. The number of aryl methyl sites for hydroxylation is 2. The lowest BCUT2D eigenvalue weighted by Gasteiger charge is -2.36. The molecule has 6 rings (SSSR count). The van der Waals surface area contributed by atoms with Crippen molar-refractivity contribution in [3.8, 4) is 0 Å². The zero-order valence-corrected chi connectivity index (χ0v) is 28.5. The molecular weight excluding hydrogens is 726 g/mol. The van der Waals surface area contributed by atoms with Crippen molar-refractivity contribution >= 4 is 17.7 Å². The Balaban J connectivity index is 0.000000285. The third-order valence-corrected chi connectivity index (χ3v) is 9.30. The molecule has 2 saturated heterocycles. The van der Waals surface area contributed by atoms with E-state index >= 15 is 0 Å². The minimum Gasteiger partial charge on any atom is -0.481 e. The van der Waals surface area contributed by atoms with Crippen LogP contribution in [-0.2, 0) is 54.3 Å². The summed E-state index contributed by atoms with van der Waals surface area (Å²) in [6.07, 6.45) is -7.62. The van der Waals surface area contributed by atoms with Gasteiger partial charge in [0.1, 0.15) is 0 Å². The largest absolute Gasteiger partial charge is 0.481 e. The van der Waals surface area contributed by atoms with Crippen LogP contribution in [0.4, 0.5) is 26.3 Å². The maximum atomic E-state index is 12.8. The SMILES string of the molecule is C.C.O=C(Cc1cccc(C(F)(F)F)c1)c1ccc(CN2CC(C(=O)O)C2)cc1.O=C(O)C1CN(Cc2ccc(CCc3cccc(C(F)(F)F)c3)cc2)C1. The van der Waals surface area contributed by atoms with Crippen LogP contribution in [0.3, 0.4) is 0 Å². The molecule has 0 spiro atoms. The fraction of sp³-hybridized carbons (Fsp3) is 0.357. The van der Waals surface area contributed by atoms with Crippen molar-refractivity contribution in [1.29, 1.82) is 0 Å². The molecule has 7 nitrogen and oxygen atoms in total. The second-order valence-electron chi connectivity index (χ2n) is 13.5. The lowest BCUT2D eigenvalue weighted by Crippen LogP contribution is -2.49. The van der Waals surface area contributed by atoms with Gasteiger partial charge in [0.25, 0.3) is 0 Å². The van der Waals surface area contributed by atoms with E-state index in [4.69, 9.17) is 10.2 Å². The highest BCUT2D eigenvalue weighted by molar-refractivity contribution is 5.97. The maximum absolute atomic E-state index is 12.8. The fourth-order valence-electron chi connectivity index (χ4n) is 6.17. The third-order valence-electron chi connectivity index (χ3n) is 9.30. The normalized spacial score (nSPS) is 14.9. The first-order chi connectivity index (χ1) is 25.0. The van der Waals surface area contributed by atoms with E-state index in [1.165, 1.54) is 24.3 Å². The quantitative estimate of drug-likeness (QED) is 0.110. The van der Waals surface area contributed by atoms with Crippen molar-refractivity contribution in [2.45, 2.75) is 59.6 Å². The Morgan fingerprint density at radius 1 is 0.545 bits per heavy atom. The molecule has 4 aromatic carbocycles. The Kier molecular flexibility index (Phi) is 15.4. The number of ketones is 1. The number of halogens is 6. The molecule has 4 aromatic rings. The van der Waals surface area contributed by atoms with E-state index in [0.29, 0.717) is 62.3 Å². The van der Waals surface area contributed by atoms with E-state index in [-0.39, 0.29) is 38.9 Å². The van der Waals surface area contributed by atoms with Gasteiger partial charge in [-0.3, -0.25) is 24.2 Å². The highest BCUT2D eigenvalue weighted by Crippen LogP contribution is 2.31. The van der Waals surface area contributed by atoms with Crippen LogP contribution >= 0.6 is 0 Å². The van der Waals surface area contributed by atoms with Crippen molar-refractivity contribution in [2.24, 2.45) is 11.8 Å². The molecule has 0 amide bonds. The van der Waals surface area contributed by atoms with Crippen LogP contribution in [0, 0.1) is 11.8 Å². The average Bonchev–Trinajstić information content (AvgIpc) is 3.07. The molecule has 13 heteroatoms. The summed E-state index contributed by atoms with van der Waals surface area (Å²) in [5.41, 5.74) is 3.17. The Bertz CT molecular complexity index is 1880. The number of aliphatic carboxylic acids is 2. The van der Waals surface area contributed by atoms with Crippen molar-refractivity contribution in [2.75, 3.05) is 26.2 Å². The Hall–Kier alpha value is -5.01. The van der Waals surface area contributed by atoms with E-state index in [1.54, 1.807) is 30.3 Å². The van der Waals surface area contributed by atoms with Gasteiger partial charge >= 0.3 is 24.3 Å². The van der Waals surface area contributed by atoms with Gasteiger partial charge in [-0.15, -0.1) is 0 Å². The molecule has 2 aliphatic heterocycles. The summed E-state index contributed by atoms with van der Waals surface area (Å²) in [6, 6.07) is 25.1. The van der Waals surface area contributed by atoms with E-state index in [2.05, 4.69) is 4.90 Å². The molecule has 0 radical (unpaired) electrons. The zero-order chi connectivity index (χ0) is 38.3. The summed E-state index contributed by atoms with van der Waals surface area (Å²) in [4.78, 5) is 38.0. The Labute approximate surface area is 317 Å². The second kappa shape index (κ2) is 19.0. The molecule has 0 aromatic heterocycles. The van der Waals surface area contributed by atoms with Crippen LogP contribution < -0.4 is 0 Å². The predicted molar refractivity (Wildman–Crippen MR) is 197 cm³/mol. The van der Waals surface area contributed by atoms with E-state index in [9.17, 15) is 40.7 Å². The Morgan fingerprint density at radius 3 is 1.36 bits per heavy atom. The zero-order valence-electron chi connectivity index (χ0n) is 28.5. The van der Waals surface area contributed by atoms with Crippen LogP contribution in [0.1, 0.15) is 64.2 Å². The standard InChI is InChI=1S/C20H18F3NO3.C20H20F3NO2.2CH4/c21-20(22,23)17-3-1-2-14(8-17)9-18(25)15-6-4-13(5-7-15)10-24-11-16(12-24)19(26)27;21-20(22,23)18-3-1-2-15(10-18)7-4-14-5-8-16(9-6-14)11-24-12-17(13-24)19(25)26;;/h1-8,16H,9-12H2,(H,26,27);1-3,5-6,8-10,17H,4,7,11-13H2,(H,25,26);2*1H4. The molecule has 0 unspecified atom stereocenters. The molecule has 0 aliphatic carbocycles. The number of hydrogen-bond donors (Lipinski definition) is 2. The number of carbonyl (C=O) groups is 3. The van der Waals surface area contributed by atoms with E-state index < -0.39 is 35.4 Å². The summed E-state index contributed by atoms with van der Waals surface area (Å²) in [5.74, 6) is -2.37. The van der Waals surface area contributed by atoms with E-state index in [0.717, 1.165) is 41.4 Å². The van der Waals surface area contributed by atoms with Crippen molar-refractivity contribution < 1.29 is 50.9 Å². The summed E-state index contributed by atoms with van der Waals surface area (Å²) >= 11 is 0. The number of alkyl halides is 6. The fourth-order valence-corrected chi connectivity index (χ4v) is 6.17. The number of benzene rings is 4. The smallest absolute Gasteiger partial charge is 0.416 e. The lowest BCUT2D eigenvalue weighted by molar-refractivity contribution is -0.148. The van der Waals surface area contributed by atoms with Gasteiger partial charge in [-0.05, 0) is 52.8 Å². The molecule has 0 saturated carbocycles. The number of carboxylic acid groups (broad SMARTS) is 2. The number of likely N-dealkylation sites (tertiary alicyclic amines) is 2. The summed E-state index contributed by atoms with van der Waals surface area (Å²) in [5, 5.41) is 17.7. The molecule has 55 heavy (non-hydrogen) atoms. The van der Waals surface area contributed by atoms with Gasteiger partial charge in [0.15, 0.2) is 5.78 Å². The molecule has 0 atom stereocenters. The summed E-state index contributed by atoms with van der Waals surface area (Å²) < 4.78 is 76.5. The topological polar surface area (TPSA) is 98.2 Å². The molecule has 2 aliphatic rings. The molecule has 2 N–H and O–H groups in total. The van der Waals surface area contributed by atoms with Gasteiger partial charge in [0.2, 0.25) is 0 Å². The predicted octanol–water partition coefficient (Wildman–Crippen LogP) is 8.93. The van der Waals surface area contributed by atoms with Crippen molar-refractivity contribution in [3.05, 3.63) is 142 Å². The van der Waals surface area contributed by atoms with Gasteiger partial charge in [-0.25, -0.2) is 0 Å². The molecule has 2 heterocycles. The number of carbonyl (C=O) groups excluding carboxylic acids is 1. The van der Waals surface area contributed by atoms with Crippen LogP contribution in [0.2, 0.25) is 0 Å². The summed E-state index contributed by atoms with van der Waals surface area (Å²) in [7, 11) is 0. The first-order valence-electron chi connectivity index (χ1n) is 17.0. The second-order valence-corrected chi connectivity index (χ2v) is 13.5. The van der Waals surface area contributed by atoms with Crippen LogP contribution in [0.5, 0.6) is 0 Å². The number of hydrogen-bond acceptors (Lipinski definition) is 5. The van der Waals surface area contributed by atoms with Crippen LogP contribution in [0.15, 0.2) is 97.1 Å². The van der Waals surface area contributed by atoms with Gasteiger partial charge in [-0.2, -0.15) is 26.3 Å². The van der Waals surface area contributed by atoms with Gasteiger partial charge in [-0.1, -0.05) is 99.8 Å². The molecular formula is C42H46F6N2O5. The van der Waals surface area contributed by atoms with E-state index in [1.807, 2.05) is 29.2 Å². The number of nitrogens with zero attached hydrogens (tertiary/aromatic N) is 2. The number of Topliss-reactive ketones (excluding diaryl/α,β-unsaturated/α-hetero) is 1. The highest BCUT2D eigenvalue weighted by Gasteiger charge is 2.34. The molecule has 2 fully saturated rings. The van der Waals surface area contributed by atoms with Crippen molar-refractivity contribution in [3.63, 3.8) is 0 Å². The van der Waals surface area contributed by atoms with Gasteiger partial charge < -0.3 is 10.2 Å². The van der Waals surface area contributed by atoms with Gasteiger partial charge in [0.05, 0.1) is 23.0 Å². The monoisotopic (exact) mass is 772 g/mol. The van der Waals surface area contributed by atoms with Gasteiger partial charge in [0, 0.05) is 51.3 Å². The van der Waals surface area contributed by atoms with Crippen LogP contribution in [0.25, 0.3) is 0 Å². The minimum absolute atomic E-state index is 0. The third kappa shape index (κ3) is 12.8. The molecule has 296 valence electrons. The highest BCUT2D eigenvalue weighted by atomic mass is 19.4. The maximum Gasteiger partial charge on any atom is 0.416 e. The van der Waals surface area contributed by atoms with Crippen LogP contribution in [-0.4, -0.2) is 63.9 Å². The minimum atomic E-state index is -4.43. The average molecular weight is 773 g/mol. The lowest BCUT2D eigenvalue weighted by atomic mass is 9.98. The van der Waals surface area contributed by atoms with Crippen molar-refractivity contribution in [1.82, 2.24) is 9.80 Å². The summed E-state index contributed by atoms with van der Waals surface area (Å²) in [6.45, 7) is 3.49. The number of carboxylic acids is 2. The number of rotatable bonds is 12.